The summed E-state index contributed by atoms with van der Waals surface area (Å²) in [6.45, 7) is 4.59. The fourth-order valence-electron chi connectivity index (χ4n) is 1.19. The number of rotatable bonds is 4. The van der Waals surface area contributed by atoms with Crippen LogP contribution in [-0.4, -0.2) is 11.7 Å². The second-order valence-electron chi connectivity index (χ2n) is 2.93. The van der Waals surface area contributed by atoms with Crippen LogP contribution in [0.4, 0.5) is 0 Å². The zero-order valence-corrected chi connectivity index (χ0v) is 8.16. The Morgan fingerprint density at radius 3 is 2.31 bits per heavy atom. The van der Waals surface area contributed by atoms with E-state index in [2.05, 4.69) is 0 Å². The van der Waals surface area contributed by atoms with Crippen molar-refractivity contribution in [3.05, 3.63) is 29.8 Å². The van der Waals surface area contributed by atoms with Crippen LogP contribution >= 0.6 is 0 Å². The van der Waals surface area contributed by atoms with E-state index in [1.165, 1.54) is 0 Å². The zero-order chi connectivity index (χ0) is 9.68. The van der Waals surface area contributed by atoms with E-state index in [1.54, 1.807) is 0 Å². The molecule has 0 spiro atoms. The molecule has 0 bridgehead atoms. The van der Waals surface area contributed by atoms with Crippen molar-refractivity contribution in [2.24, 2.45) is 0 Å². The molecule has 2 heteroatoms. The fraction of sp³-hybridized carbons (Fsp3) is 0.455. The number of benzene rings is 1. The first-order valence-corrected chi connectivity index (χ1v) is 4.68. The molecule has 0 fully saturated rings. The highest BCUT2D eigenvalue weighted by molar-refractivity contribution is 5.28. The Balaban J connectivity index is 2.69. The van der Waals surface area contributed by atoms with E-state index in [4.69, 9.17) is 4.74 Å². The van der Waals surface area contributed by atoms with Gasteiger partial charge < -0.3 is 9.84 Å². The third kappa shape index (κ3) is 2.74. The van der Waals surface area contributed by atoms with Crippen LogP contribution in [0.5, 0.6) is 5.75 Å². The smallest absolute Gasteiger partial charge is 0.119 e. The number of ether oxygens (including phenoxy) is 1. The average molecular weight is 180 g/mol. The molecule has 1 N–H and O–H groups in total. The van der Waals surface area contributed by atoms with Gasteiger partial charge in [0.25, 0.3) is 0 Å². The number of aliphatic hydroxyl groups is 1. The van der Waals surface area contributed by atoms with Gasteiger partial charge in [-0.05, 0) is 31.0 Å². The summed E-state index contributed by atoms with van der Waals surface area (Å²) in [6, 6.07) is 7.58. The molecular weight excluding hydrogens is 164 g/mol. The first-order chi connectivity index (χ1) is 6.27. The van der Waals surface area contributed by atoms with Gasteiger partial charge in [-0.3, -0.25) is 0 Å². The van der Waals surface area contributed by atoms with Crippen LogP contribution in [0.25, 0.3) is 0 Å². The second kappa shape index (κ2) is 4.87. The summed E-state index contributed by atoms with van der Waals surface area (Å²) in [5.74, 6) is 0.856. The molecule has 1 aromatic rings. The van der Waals surface area contributed by atoms with Crippen LogP contribution in [0.2, 0.25) is 0 Å². The standard InChI is InChI=1S/C11H16O2/c1-3-11(12)9-5-7-10(8-6-9)13-4-2/h5-8,11-12H,3-4H2,1-2H3/t11-/m0/s1. The molecule has 0 heterocycles. The van der Waals surface area contributed by atoms with Gasteiger partial charge in [-0.15, -0.1) is 0 Å². The van der Waals surface area contributed by atoms with Crippen LogP contribution in [0.1, 0.15) is 31.9 Å². The van der Waals surface area contributed by atoms with Gasteiger partial charge in [0.2, 0.25) is 0 Å². The van der Waals surface area contributed by atoms with Crippen molar-refractivity contribution in [3.8, 4) is 5.75 Å². The molecule has 0 aliphatic rings. The third-order valence-corrected chi connectivity index (χ3v) is 1.96. The largest absolute Gasteiger partial charge is 0.494 e. The molecule has 0 saturated heterocycles. The molecule has 1 rings (SSSR count). The lowest BCUT2D eigenvalue weighted by Gasteiger charge is -2.08. The fourth-order valence-corrected chi connectivity index (χ4v) is 1.19. The maximum atomic E-state index is 9.51. The zero-order valence-electron chi connectivity index (χ0n) is 8.16. The van der Waals surface area contributed by atoms with Crippen LogP contribution in [-0.2, 0) is 0 Å². The number of hydrogen-bond acceptors (Lipinski definition) is 2. The predicted octanol–water partition coefficient (Wildman–Crippen LogP) is 2.53. The lowest BCUT2D eigenvalue weighted by atomic mass is 10.1. The minimum atomic E-state index is -0.351. The molecule has 0 saturated carbocycles. The average Bonchev–Trinajstić information content (AvgIpc) is 2.18. The Kier molecular flexibility index (Phi) is 3.77. The van der Waals surface area contributed by atoms with Crippen LogP contribution in [0, 0.1) is 0 Å². The molecule has 1 atom stereocenters. The summed E-state index contributed by atoms with van der Waals surface area (Å²) in [6.07, 6.45) is 0.393. The molecule has 0 amide bonds. The molecule has 0 aliphatic heterocycles. The summed E-state index contributed by atoms with van der Waals surface area (Å²) in [7, 11) is 0. The van der Waals surface area contributed by atoms with Crippen LogP contribution < -0.4 is 4.74 Å². The van der Waals surface area contributed by atoms with Crippen molar-refractivity contribution in [2.45, 2.75) is 26.4 Å². The highest BCUT2D eigenvalue weighted by Gasteiger charge is 2.03. The quantitative estimate of drug-likeness (QED) is 0.771. The molecule has 0 unspecified atom stereocenters. The Labute approximate surface area is 79.2 Å². The van der Waals surface area contributed by atoms with E-state index in [0.29, 0.717) is 6.61 Å². The van der Waals surface area contributed by atoms with E-state index in [9.17, 15) is 5.11 Å². The highest BCUT2D eigenvalue weighted by Crippen LogP contribution is 2.19. The highest BCUT2D eigenvalue weighted by atomic mass is 16.5. The van der Waals surface area contributed by atoms with E-state index < -0.39 is 0 Å². The Bertz CT molecular complexity index is 241. The minimum absolute atomic E-state index is 0.351. The topological polar surface area (TPSA) is 29.5 Å². The predicted molar refractivity (Wildman–Crippen MR) is 52.9 cm³/mol. The minimum Gasteiger partial charge on any atom is -0.494 e. The van der Waals surface area contributed by atoms with Crippen molar-refractivity contribution in [2.75, 3.05) is 6.61 Å². The van der Waals surface area contributed by atoms with Gasteiger partial charge in [0.05, 0.1) is 12.7 Å². The van der Waals surface area contributed by atoms with Crippen molar-refractivity contribution in [1.29, 1.82) is 0 Å². The van der Waals surface area contributed by atoms with Crippen molar-refractivity contribution >= 4 is 0 Å². The molecule has 1 aromatic carbocycles. The number of hydrogen-bond donors (Lipinski definition) is 1. The molecule has 72 valence electrons. The molecule has 0 aromatic heterocycles. The van der Waals surface area contributed by atoms with Gasteiger partial charge in [-0.2, -0.15) is 0 Å². The Hall–Kier alpha value is -1.02. The molecule has 2 nitrogen and oxygen atoms in total. The van der Waals surface area contributed by atoms with Crippen LogP contribution in [0.3, 0.4) is 0 Å². The van der Waals surface area contributed by atoms with Gasteiger partial charge >= 0.3 is 0 Å². The summed E-state index contributed by atoms with van der Waals surface area (Å²) >= 11 is 0. The summed E-state index contributed by atoms with van der Waals surface area (Å²) in [4.78, 5) is 0. The van der Waals surface area contributed by atoms with Crippen LogP contribution in [0.15, 0.2) is 24.3 Å². The SMILES string of the molecule is CCOc1ccc([C@@H](O)CC)cc1. The lowest BCUT2D eigenvalue weighted by molar-refractivity contribution is 0.173. The Morgan fingerprint density at radius 1 is 1.23 bits per heavy atom. The van der Waals surface area contributed by atoms with Gasteiger partial charge in [0.15, 0.2) is 0 Å². The van der Waals surface area contributed by atoms with Crippen molar-refractivity contribution < 1.29 is 9.84 Å². The van der Waals surface area contributed by atoms with Crippen molar-refractivity contribution in [1.82, 2.24) is 0 Å². The van der Waals surface area contributed by atoms with Gasteiger partial charge in [-0.25, -0.2) is 0 Å². The molecule has 0 radical (unpaired) electrons. The van der Waals surface area contributed by atoms with E-state index in [1.807, 2.05) is 38.1 Å². The molecular formula is C11H16O2. The second-order valence-corrected chi connectivity index (χ2v) is 2.93. The van der Waals surface area contributed by atoms with E-state index in [-0.39, 0.29) is 6.10 Å². The van der Waals surface area contributed by atoms with Gasteiger partial charge in [0, 0.05) is 0 Å². The monoisotopic (exact) mass is 180 g/mol. The van der Waals surface area contributed by atoms with E-state index in [0.717, 1.165) is 17.7 Å². The summed E-state index contributed by atoms with van der Waals surface area (Å²) < 4.78 is 5.29. The van der Waals surface area contributed by atoms with Gasteiger partial charge in [0.1, 0.15) is 5.75 Å². The number of aliphatic hydroxyl groups excluding tert-OH is 1. The Morgan fingerprint density at radius 2 is 1.85 bits per heavy atom. The maximum absolute atomic E-state index is 9.51. The van der Waals surface area contributed by atoms with E-state index >= 15 is 0 Å². The van der Waals surface area contributed by atoms with Gasteiger partial charge in [-0.1, -0.05) is 19.1 Å². The summed E-state index contributed by atoms with van der Waals surface area (Å²) in [5.41, 5.74) is 0.950. The van der Waals surface area contributed by atoms with Crippen molar-refractivity contribution in [3.63, 3.8) is 0 Å². The molecule has 0 aliphatic carbocycles. The first-order valence-electron chi connectivity index (χ1n) is 4.68. The third-order valence-electron chi connectivity index (χ3n) is 1.96. The molecule has 13 heavy (non-hydrogen) atoms. The first kappa shape index (κ1) is 10.1. The lowest BCUT2D eigenvalue weighted by Crippen LogP contribution is -1.96. The summed E-state index contributed by atoms with van der Waals surface area (Å²) in [5, 5.41) is 9.51. The normalized spacial score (nSPS) is 12.5. The maximum Gasteiger partial charge on any atom is 0.119 e.